The van der Waals surface area contributed by atoms with Gasteiger partial charge in [-0.3, -0.25) is 4.79 Å². The molecule has 0 radical (unpaired) electrons. The molecule has 1 unspecified atom stereocenters. The molecule has 0 fully saturated rings. The van der Waals surface area contributed by atoms with E-state index in [0.717, 1.165) is 5.56 Å². The Labute approximate surface area is 181 Å². The topological polar surface area (TPSA) is 110 Å². The average Bonchev–Trinajstić information content (AvgIpc) is 2.78. The lowest BCUT2D eigenvalue weighted by molar-refractivity contribution is 0.0603. The van der Waals surface area contributed by atoms with Gasteiger partial charge in [0.05, 0.1) is 24.7 Å². The van der Waals surface area contributed by atoms with Crippen molar-refractivity contribution in [2.45, 2.75) is 17.5 Å². The van der Waals surface area contributed by atoms with Crippen LogP contribution in [-0.2, 0) is 16.6 Å². The van der Waals surface area contributed by atoms with Crippen LogP contribution in [0, 0.1) is 0 Å². The summed E-state index contributed by atoms with van der Waals surface area (Å²) in [5.74, 6) is 0.267. The van der Waals surface area contributed by atoms with Gasteiger partial charge in [0.1, 0.15) is 5.75 Å². The molecule has 31 heavy (non-hydrogen) atoms. The molecule has 0 saturated heterocycles. The van der Waals surface area contributed by atoms with Crippen LogP contribution >= 0.6 is 0 Å². The summed E-state index contributed by atoms with van der Waals surface area (Å²) in [7, 11) is -2.31. The van der Waals surface area contributed by atoms with Gasteiger partial charge in [0.2, 0.25) is 10.0 Å². The summed E-state index contributed by atoms with van der Waals surface area (Å²) in [6, 6.07) is 21.9. The summed E-state index contributed by atoms with van der Waals surface area (Å²) >= 11 is 0. The number of aliphatic hydroxyl groups excluding tert-OH is 1. The van der Waals surface area contributed by atoms with Gasteiger partial charge < -0.3 is 14.7 Å². The Morgan fingerprint density at radius 1 is 1.03 bits per heavy atom. The summed E-state index contributed by atoms with van der Waals surface area (Å²) in [5.41, 5.74) is 1.81. The lowest BCUT2D eigenvalue weighted by atomic mass is 10.1. The van der Waals surface area contributed by atoms with Crippen LogP contribution < -0.4 is 9.88 Å². The highest BCUT2D eigenvalue weighted by Crippen LogP contribution is 2.22. The van der Waals surface area contributed by atoms with Gasteiger partial charge in [-0.05, 0) is 47.5 Å². The van der Waals surface area contributed by atoms with Crippen molar-refractivity contribution < 1.29 is 23.1 Å². The zero-order valence-electron chi connectivity index (χ0n) is 17.0. The Balaban J connectivity index is 1.87. The number of hydrogen-bond acceptors (Lipinski definition) is 5. The molecule has 8 heteroatoms. The molecule has 0 aliphatic rings. The number of nitrogens with zero attached hydrogens (tertiary/aromatic N) is 1. The van der Waals surface area contributed by atoms with Crippen molar-refractivity contribution in [2.24, 2.45) is 5.14 Å². The Bertz CT molecular complexity index is 1130. The summed E-state index contributed by atoms with van der Waals surface area (Å²) in [6.45, 7) is 0.315. The largest absolute Gasteiger partial charge is 0.497 e. The van der Waals surface area contributed by atoms with Crippen LogP contribution in [-0.4, -0.2) is 38.0 Å². The third-order valence-corrected chi connectivity index (χ3v) is 5.73. The molecule has 1 amide bonds. The predicted octanol–water partition coefficient (Wildman–Crippen LogP) is 2.72. The van der Waals surface area contributed by atoms with Crippen molar-refractivity contribution >= 4 is 15.9 Å². The van der Waals surface area contributed by atoms with Crippen molar-refractivity contribution in [3.63, 3.8) is 0 Å². The van der Waals surface area contributed by atoms with E-state index in [4.69, 9.17) is 9.88 Å². The van der Waals surface area contributed by atoms with Crippen LogP contribution in [0.5, 0.6) is 5.75 Å². The minimum atomic E-state index is -3.85. The molecule has 0 heterocycles. The number of carbonyl (C=O) groups is 1. The number of ether oxygens (including phenoxy) is 1. The molecular formula is C23H24N2O5S. The second-order valence-electron chi connectivity index (χ2n) is 7.03. The lowest BCUT2D eigenvalue weighted by Gasteiger charge is -2.26. The van der Waals surface area contributed by atoms with Crippen LogP contribution in [0.4, 0.5) is 0 Å². The summed E-state index contributed by atoms with van der Waals surface area (Å²) in [5, 5.41) is 15.9. The van der Waals surface area contributed by atoms with Crippen molar-refractivity contribution in [3.05, 3.63) is 95.6 Å². The molecule has 0 aliphatic heterocycles. The van der Waals surface area contributed by atoms with Crippen LogP contribution in [0.2, 0.25) is 0 Å². The number of methoxy groups -OCH3 is 1. The maximum Gasteiger partial charge on any atom is 0.254 e. The van der Waals surface area contributed by atoms with Gasteiger partial charge >= 0.3 is 0 Å². The first kappa shape index (κ1) is 22.5. The fourth-order valence-corrected chi connectivity index (χ4v) is 3.67. The number of carbonyl (C=O) groups excluding carboxylic acids is 1. The molecular weight excluding hydrogens is 416 g/mol. The zero-order chi connectivity index (χ0) is 22.4. The van der Waals surface area contributed by atoms with Crippen molar-refractivity contribution in [2.75, 3.05) is 13.7 Å². The fourth-order valence-electron chi connectivity index (χ4n) is 3.16. The third kappa shape index (κ3) is 5.91. The Morgan fingerprint density at radius 2 is 1.71 bits per heavy atom. The molecule has 0 aliphatic carbocycles. The minimum Gasteiger partial charge on any atom is -0.497 e. The number of primary sulfonamides is 1. The number of aliphatic hydroxyl groups is 1. The van der Waals surface area contributed by atoms with E-state index in [9.17, 15) is 18.3 Å². The first-order chi connectivity index (χ1) is 14.8. The highest BCUT2D eigenvalue weighted by molar-refractivity contribution is 7.89. The molecule has 3 aromatic rings. The van der Waals surface area contributed by atoms with E-state index < -0.39 is 16.1 Å². The van der Waals surface area contributed by atoms with E-state index in [1.54, 1.807) is 31.4 Å². The molecule has 0 spiro atoms. The Kier molecular flexibility index (Phi) is 7.06. The quantitative estimate of drug-likeness (QED) is 0.560. The summed E-state index contributed by atoms with van der Waals surface area (Å²) in [4.78, 5) is 14.7. The maximum absolute atomic E-state index is 13.2. The first-order valence-electron chi connectivity index (χ1n) is 9.56. The van der Waals surface area contributed by atoms with Crippen LogP contribution in [0.1, 0.15) is 27.6 Å². The molecule has 162 valence electrons. The molecule has 0 bridgehead atoms. The Hall–Kier alpha value is -3.20. The molecule has 7 nitrogen and oxygen atoms in total. The van der Waals surface area contributed by atoms with Crippen LogP contribution in [0.15, 0.2) is 83.8 Å². The van der Waals surface area contributed by atoms with E-state index in [1.165, 1.54) is 29.2 Å². The number of benzene rings is 3. The van der Waals surface area contributed by atoms with Gasteiger partial charge in [0, 0.05) is 12.1 Å². The highest BCUT2D eigenvalue weighted by atomic mass is 32.2. The second-order valence-corrected chi connectivity index (χ2v) is 8.59. The average molecular weight is 441 g/mol. The van der Waals surface area contributed by atoms with Gasteiger partial charge in [0.25, 0.3) is 5.91 Å². The minimum absolute atomic E-state index is 0.0395. The lowest BCUT2D eigenvalue weighted by Crippen LogP contribution is -2.34. The van der Waals surface area contributed by atoms with Crippen molar-refractivity contribution in [1.82, 2.24) is 4.90 Å². The number of amides is 1. The first-order valence-corrected chi connectivity index (χ1v) is 11.1. The number of nitrogens with two attached hydrogens (primary N) is 1. The van der Waals surface area contributed by atoms with E-state index in [0.29, 0.717) is 16.9 Å². The van der Waals surface area contributed by atoms with Crippen LogP contribution in [0.3, 0.4) is 0 Å². The SMILES string of the molecule is COc1cccc(C(O)CN(Cc2ccccc2)C(=O)c2ccc(S(N)(=O)=O)cc2)c1. The molecule has 3 aromatic carbocycles. The molecule has 3 rings (SSSR count). The standard InChI is InChI=1S/C23H24N2O5S/c1-30-20-9-5-8-19(14-20)22(26)16-25(15-17-6-3-2-4-7-17)23(27)18-10-12-21(13-11-18)31(24,28)29/h2-14,22,26H,15-16H2,1H3,(H2,24,28,29). The summed E-state index contributed by atoms with van der Waals surface area (Å²) in [6.07, 6.45) is -0.938. The predicted molar refractivity (Wildman–Crippen MR) is 117 cm³/mol. The monoisotopic (exact) mass is 440 g/mol. The second kappa shape index (κ2) is 9.74. The van der Waals surface area contributed by atoms with E-state index in [-0.39, 0.29) is 23.9 Å². The van der Waals surface area contributed by atoms with E-state index in [2.05, 4.69) is 0 Å². The number of rotatable bonds is 8. The van der Waals surface area contributed by atoms with Gasteiger partial charge in [-0.15, -0.1) is 0 Å². The van der Waals surface area contributed by atoms with Crippen molar-refractivity contribution in [1.29, 1.82) is 0 Å². The van der Waals surface area contributed by atoms with Crippen LogP contribution in [0.25, 0.3) is 0 Å². The maximum atomic E-state index is 13.2. The highest BCUT2D eigenvalue weighted by Gasteiger charge is 2.21. The Morgan fingerprint density at radius 3 is 2.32 bits per heavy atom. The smallest absolute Gasteiger partial charge is 0.254 e. The van der Waals surface area contributed by atoms with Gasteiger partial charge in [-0.2, -0.15) is 0 Å². The normalized spacial score (nSPS) is 12.2. The van der Waals surface area contributed by atoms with Gasteiger partial charge in [0.15, 0.2) is 0 Å². The third-order valence-electron chi connectivity index (χ3n) is 4.81. The van der Waals surface area contributed by atoms with Gasteiger partial charge in [-0.1, -0.05) is 42.5 Å². The molecule has 0 saturated carbocycles. The van der Waals surface area contributed by atoms with E-state index in [1.807, 2.05) is 30.3 Å². The zero-order valence-corrected chi connectivity index (χ0v) is 17.8. The molecule has 0 aromatic heterocycles. The summed E-state index contributed by atoms with van der Waals surface area (Å²) < 4.78 is 28.2. The number of hydrogen-bond donors (Lipinski definition) is 2. The number of sulfonamides is 1. The fraction of sp³-hybridized carbons (Fsp3) is 0.174. The van der Waals surface area contributed by atoms with Crippen molar-refractivity contribution in [3.8, 4) is 5.75 Å². The molecule has 1 atom stereocenters. The van der Waals surface area contributed by atoms with Gasteiger partial charge in [-0.25, -0.2) is 13.6 Å². The van der Waals surface area contributed by atoms with E-state index >= 15 is 0 Å². The molecule has 3 N–H and O–H groups in total.